The Morgan fingerprint density at radius 2 is 2.12 bits per heavy atom. The first-order valence-electron chi connectivity index (χ1n) is 13.8. The predicted octanol–water partition coefficient (Wildman–Crippen LogP) is 2.18. The molecule has 2 rings (SSSR count). The lowest BCUT2D eigenvalue weighted by Gasteiger charge is -2.28. The molecule has 0 radical (unpaired) electrons. The van der Waals surface area contributed by atoms with Gasteiger partial charge in [0.05, 0.1) is 23.9 Å². The largest absolute Gasteiger partial charge is 0.376 e. The van der Waals surface area contributed by atoms with E-state index in [0.29, 0.717) is 69.3 Å². The SMILES string of the molecule is CCCOC(CC)CN=C(/C=C/N1CCCc2cc(CCN(C)CCNC=O)c(C=O)nc21)C(C#N)=CNC=O. The first-order chi connectivity index (χ1) is 19.5. The first-order valence-corrected chi connectivity index (χ1v) is 13.8. The first kappa shape index (κ1) is 32.3. The van der Waals surface area contributed by atoms with Gasteiger partial charge in [-0.25, -0.2) is 4.98 Å². The van der Waals surface area contributed by atoms with Crippen molar-refractivity contribution < 1.29 is 19.1 Å². The summed E-state index contributed by atoms with van der Waals surface area (Å²) in [5.74, 6) is 0.711. The lowest BCUT2D eigenvalue weighted by atomic mass is 10.0. The highest BCUT2D eigenvalue weighted by Crippen LogP contribution is 2.28. The van der Waals surface area contributed by atoms with E-state index in [-0.39, 0.29) is 11.7 Å². The third-order valence-electron chi connectivity index (χ3n) is 6.49. The molecule has 1 atom stereocenters. The fourth-order valence-corrected chi connectivity index (χ4v) is 4.22. The normalized spacial score (nSPS) is 14.5. The molecule has 2 N–H and O–H groups in total. The van der Waals surface area contributed by atoms with Crippen molar-refractivity contribution in [2.45, 2.75) is 52.1 Å². The van der Waals surface area contributed by atoms with E-state index in [0.717, 1.165) is 49.6 Å². The van der Waals surface area contributed by atoms with Gasteiger partial charge in [0, 0.05) is 45.2 Å². The van der Waals surface area contributed by atoms with Gasteiger partial charge in [-0.15, -0.1) is 0 Å². The molecule has 2 amide bonds. The van der Waals surface area contributed by atoms with Gasteiger partial charge in [-0.3, -0.25) is 19.4 Å². The number of anilines is 1. The van der Waals surface area contributed by atoms with Crippen LogP contribution in [0.5, 0.6) is 0 Å². The van der Waals surface area contributed by atoms with Crippen LogP contribution in [-0.4, -0.2) is 87.2 Å². The lowest BCUT2D eigenvalue weighted by Crippen LogP contribution is -2.30. The molecule has 40 heavy (non-hydrogen) atoms. The fourth-order valence-electron chi connectivity index (χ4n) is 4.22. The number of nitrogens with one attached hydrogen (secondary N) is 2. The van der Waals surface area contributed by atoms with E-state index in [4.69, 9.17) is 9.72 Å². The van der Waals surface area contributed by atoms with Crippen LogP contribution >= 0.6 is 0 Å². The van der Waals surface area contributed by atoms with Crippen LogP contribution in [0.3, 0.4) is 0 Å². The van der Waals surface area contributed by atoms with E-state index in [9.17, 15) is 19.6 Å². The monoisotopic (exact) mass is 551 g/mol. The Bertz CT molecular complexity index is 1110. The quantitative estimate of drug-likeness (QED) is 0.115. The Morgan fingerprint density at radius 1 is 1.30 bits per heavy atom. The van der Waals surface area contributed by atoms with Crippen LogP contribution in [0.2, 0.25) is 0 Å². The molecule has 11 nitrogen and oxygen atoms in total. The molecular formula is C29H41N7O4. The summed E-state index contributed by atoms with van der Waals surface area (Å²) in [7, 11) is 1.97. The number of carbonyl (C=O) groups is 3. The summed E-state index contributed by atoms with van der Waals surface area (Å²) >= 11 is 0. The number of fused-ring (bicyclic) bond motifs is 1. The van der Waals surface area contributed by atoms with E-state index in [1.807, 2.05) is 32.0 Å². The minimum absolute atomic E-state index is 0.0754. The number of nitriles is 1. The van der Waals surface area contributed by atoms with Gasteiger partial charge in [-0.1, -0.05) is 13.8 Å². The van der Waals surface area contributed by atoms with Crippen LogP contribution in [0.15, 0.2) is 35.1 Å². The maximum absolute atomic E-state index is 12.0. The number of allylic oxidation sites excluding steroid dienone is 2. The van der Waals surface area contributed by atoms with Crippen molar-refractivity contribution in [3.05, 3.63) is 46.9 Å². The third kappa shape index (κ3) is 10.4. The highest BCUT2D eigenvalue weighted by Gasteiger charge is 2.20. The van der Waals surface area contributed by atoms with Crippen LogP contribution in [0.25, 0.3) is 0 Å². The molecule has 0 saturated carbocycles. The summed E-state index contributed by atoms with van der Waals surface area (Å²) in [4.78, 5) is 46.7. The van der Waals surface area contributed by atoms with Crippen molar-refractivity contribution in [1.82, 2.24) is 20.5 Å². The summed E-state index contributed by atoms with van der Waals surface area (Å²) in [6, 6.07) is 4.16. The second-order valence-corrected chi connectivity index (χ2v) is 9.45. The van der Waals surface area contributed by atoms with Gasteiger partial charge in [0.2, 0.25) is 12.8 Å². The van der Waals surface area contributed by atoms with E-state index in [1.165, 1.54) is 6.20 Å². The minimum atomic E-state index is -0.0754. The summed E-state index contributed by atoms with van der Waals surface area (Å²) in [5, 5.41) is 14.8. The summed E-state index contributed by atoms with van der Waals surface area (Å²) in [6.07, 6.45) is 10.9. The zero-order chi connectivity index (χ0) is 29.2. The molecule has 1 unspecified atom stereocenters. The highest BCUT2D eigenvalue weighted by molar-refractivity contribution is 6.11. The van der Waals surface area contributed by atoms with Crippen molar-refractivity contribution >= 4 is 30.6 Å². The van der Waals surface area contributed by atoms with Gasteiger partial charge < -0.3 is 25.2 Å². The lowest BCUT2D eigenvalue weighted by molar-refractivity contribution is -0.110. The Morgan fingerprint density at radius 3 is 2.80 bits per heavy atom. The Kier molecular flexibility index (Phi) is 14.9. The van der Waals surface area contributed by atoms with Crippen LogP contribution in [0.1, 0.15) is 54.7 Å². The molecule has 1 aliphatic heterocycles. The molecule has 0 saturated heterocycles. The van der Waals surface area contributed by atoms with E-state index in [2.05, 4.69) is 32.7 Å². The zero-order valence-corrected chi connectivity index (χ0v) is 23.8. The van der Waals surface area contributed by atoms with Crippen LogP contribution in [0.4, 0.5) is 5.82 Å². The van der Waals surface area contributed by atoms with Crippen LogP contribution in [0, 0.1) is 11.3 Å². The van der Waals surface area contributed by atoms with Crippen LogP contribution in [-0.2, 0) is 27.2 Å². The molecular weight excluding hydrogens is 510 g/mol. The predicted molar refractivity (Wildman–Crippen MR) is 155 cm³/mol. The number of aldehydes is 1. The van der Waals surface area contributed by atoms with Gasteiger partial charge >= 0.3 is 0 Å². The van der Waals surface area contributed by atoms with Crippen molar-refractivity contribution in [1.29, 1.82) is 5.26 Å². The molecule has 0 aromatic carbocycles. The van der Waals surface area contributed by atoms with Gasteiger partial charge in [-0.2, -0.15) is 5.26 Å². The van der Waals surface area contributed by atoms with Crippen LogP contribution < -0.4 is 15.5 Å². The van der Waals surface area contributed by atoms with E-state index in [1.54, 1.807) is 6.08 Å². The van der Waals surface area contributed by atoms with Crippen molar-refractivity contribution in [3.8, 4) is 6.07 Å². The Hall–Kier alpha value is -3.88. The number of aliphatic imine (C=N–C) groups is 1. The Balaban J connectivity index is 2.30. The number of carbonyl (C=O) groups excluding carboxylic acids is 3. The summed E-state index contributed by atoms with van der Waals surface area (Å²) in [6.45, 7) is 7.78. The fraction of sp³-hybridized carbons (Fsp3) is 0.517. The number of likely N-dealkylation sites (N-methyl/N-ethyl adjacent to an activating group) is 1. The number of hydrogen-bond acceptors (Lipinski definition) is 9. The molecule has 1 aromatic rings. The topological polar surface area (TPSA) is 140 Å². The van der Waals surface area contributed by atoms with Crippen molar-refractivity contribution in [2.24, 2.45) is 4.99 Å². The van der Waals surface area contributed by atoms with Gasteiger partial charge in [0.25, 0.3) is 0 Å². The maximum Gasteiger partial charge on any atom is 0.211 e. The molecule has 216 valence electrons. The molecule has 2 heterocycles. The standard InChI is InChI=1S/C29H41N7O4/c1-4-15-40-26(5-2)19-33-27(25(17-30)18-32-22-39)9-13-36-11-6-7-24-16-23(28(20-37)34-29(24)36)8-12-35(3)14-10-31-21-38/h9,13,16,18,20-22,26H,4-8,10-12,14-15,19H2,1-3H3,(H,31,38)(H,32,39)/b13-9+,25-18?,33-27?. The smallest absolute Gasteiger partial charge is 0.211 e. The number of hydrogen-bond donors (Lipinski definition) is 2. The molecule has 1 aromatic heterocycles. The average molecular weight is 552 g/mol. The highest BCUT2D eigenvalue weighted by atomic mass is 16.5. The second-order valence-electron chi connectivity index (χ2n) is 9.45. The molecule has 0 aliphatic carbocycles. The average Bonchev–Trinajstić information content (AvgIpc) is 2.98. The summed E-state index contributed by atoms with van der Waals surface area (Å²) < 4.78 is 5.84. The van der Waals surface area contributed by atoms with E-state index >= 15 is 0 Å². The van der Waals surface area contributed by atoms with Crippen molar-refractivity contribution in [2.75, 3.05) is 51.3 Å². The van der Waals surface area contributed by atoms with E-state index < -0.39 is 0 Å². The minimum Gasteiger partial charge on any atom is -0.376 e. The van der Waals surface area contributed by atoms with Gasteiger partial charge in [-0.05, 0) is 62.4 Å². The number of rotatable bonds is 19. The summed E-state index contributed by atoms with van der Waals surface area (Å²) in [5.41, 5.74) is 2.98. The van der Waals surface area contributed by atoms with Gasteiger partial charge in [0.15, 0.2) is 6.29 Å². The maximum atomic E-state index is 12.0. The molecule has 0 bridgehead atoms. The number of aromatic nitrogens is 1. The van der Waals surface area contributed by atoms with Crippen molar-refractivity contribution in [3.63, 3.8) is 0 Å². The van der Waals surface area contributed by atoms with Gasteiger partial charge in [0.1, 0.15) is 17.6 Å². The molecule has 0 fully saturated rings. The molecule has 11 heteroatoms. The number of amides is 2. The molecule has 0 spiro atoms. The number of pyridine rings is 1. The Labute approximate surface area is 237 Å². The molecule has 1 aliphatic rings. The number of aryl methyl sites for hydroxylation is 1. The second kappa shape index (κ2) is 18.4. The number of ether oxygens (including phenoxy) is 1. The zero-order valence-electron chi connectivity index (χ0n) is 23.8. The third-order valence-corrected chi connectivity index (χ3v) is 6.49. The number of nitrogens with zero attached hydrogens (tertiary/aromatic N) is 5.